The molecule has 0 aromatic carbocycles. The van der Waals surface area contributed by atoms with E-state index in [1.54, 1.807) is 41.7 Å². The average molecular weight is 1060 g/mol. The van der Waals surface area contributed by atoms with Crippen molar-refractivity contribution >= 4 is 65.4 Å². The van der Waals surface area contributed by atoms with E-state index in [-0.39, 0.29) is 54.9 Å². The summed E-state index contributed by atoms with van der Waals surface area (Å²) in [6.07, 6.45) is 1.05. The van der Waals surface area contributed by atoms with Crippen LogP contribution in [0.25, 0.3) is 0 Å². The van der Waals surface area contributed by atoms with Gasteiger partial charge >= 0.3 is 18.1 Å². The highest BCUT2D eigenvalue weighted by Gasteiger charge is 2.47. The van der Waals surface area contributed by atoms with Crippen LogP contribution in [-0.4, -0.2) is 199 Å². The molecule has 75 heavy (non-hydrogen) atoms. The molecule has 5 N–H and O–H groups in total. The first-order valence-electron chi connectivity index (χ1n) is 26.3. The highest BCUT2D eigenvalue weighted by atomic mass is 16.5. The van der Waals surface area contributed by atoms with Crippen LogP contribution in [0.4, 0.5) is 14.4 Å². The van der Waals surface area contributed by atoms with E-state index in [0.29, 0.717) is 24.2 Å². The fourth-order valence-electron chi connectivity index (χ4n) is 9.06. The molecule has 1 saturated heterocycles. The van der Waals surface area contributed by atoms with Gasteiger partial charge in [-0.1, -0.05) is 83.1 Å². The Labute approximate surface area is 446 Å². The second-order valence-corrected chi connectivity index (χ2v) is 22.1. The minimum absolute atomic E-state index is 0.0437. The molecule has 1 rings (SSSR count). The zero-order chi connectivity index (χ0) is 58.1. The SMILES string of the molecule is CC[C@H](NC(=O)[C@@H](C1OC(C)C[C@H]1C)N(C)C(=O)[C@H](C(C)C)N(C)C(=O)[C@H](CC(C)C)N(C)C(=O)CCC(C)C)C(=O)N(C)CC(=O)N(C)[C@@H](CC(C)C)C(=O)N[C@H](C(=O)N(C)C(=O)NC(=O)NC(=O)NC)C(C)C. The number of amides is 14. The smallest absolute Gasteiger partial charge is 0.331 e. The maximum atomic E-state index is 14.9. The largest absolute Gasteiger partial charge is 0.372 e. The van der Waals surface area contributed by atoms with Crippen LogP contribution < -0.4 is 26.6 Å². The summed E-state index contributed by atoms with van der Waals surface area (Å²) in [7, 11) is 9.74. The Morgan fingerprint density at radius 3 is 1.60 bits per heavy atom. The number of rotatable bonds is 25. The fraction of sp³-hybridized carbons (Fsp3) is 0.788. The van der Waals surface area contributed by atoms with Gasteiger partial charge in [0.2, 0.25) is 41.4 Å². The molecular formula is C52H93N11O12. The third-order valence-electron chi connectivity index (χ3n) is 13.6. The molecule has 0 spiro atoms. The van der Waals surface area contributed by atoms with E-state index in [4.69, 9.17) is 4.74 Å². The topological polar surface area (TPSA) is 277 Å². The van der Waals surface area contributed by atoms with Crippen molar-refractivity contribution in [3.8, 4) is 0 Å². The Balaban J connectivity index is 3.46. The monoisotopic (exact) mass is 1060 g/mol. The Hall–Kier alpha value is -5.87. The molecule has 23 heteroatoms. The van der Waals surface area contributed by atoms with Gasteiger partial charge in [0.25, 0.3) is 5.91 Å². The minimum Gasteiger partial charge on any atom is -0.372 e. The Morgan fingerprint density at radius 1 is 0.587 bits per heavy atom. The molecule has 1 fully saturated rings. The summed E-state index contributed by atoms with van der Waals surface area (Å²) in [5, 5.41) is 11.3. The van der Waals surface area contributed by atoms with Crippen LogP contribution in [0, 0.1) is 35.5 Å². The molecule has 1 aliphatic heterocycles. The maximum Gasteiger partial charge on any atom is 0.331 e. The predicted octanol–water partition coefficient (Wildman–Crippen LogP) is 3.00. The van der Waals surface area contributed by atoms with Gasteiger partial charge in [-0.05, 0) is 74.5 Å². The molecule has 2 unspecified atom stereocenters. The maximum absolute atomic E-state index is 14.9. The number of nitrogens with zero attached hydrogens (tertiary/aromatic N) is 6. The van der Waals surface area contributed by atoms with E-state index >= 15 is 0 Å². The first-order valence-corrected chi connectivity index (χ1v) is 26.3. The highest BCUT2D eigenvalue weighted by Crippen LogP contribution is 2.31. The Bertz CT molecular complexity index is 2010. The number of nitrogens with one attached hydrogen (secondary N) is 5. The van der Waals surface area contributed by atoms with Crippen LogP contribution in [0.1, 0.15) is 129 Å². The molecule has 0 bridgehead atoms. The number of carbonyl (C=O) groups is 11. The molecule has 1 heterocycles. The number of ether oxygens (including phenoxy) is 1. The van der Waals surface area contributed by atoms with Gasteiger partial charge in [-0.3, -0.25) is 53.9 Å². The first-order chi connectivity index (χ1) is 34.6. The van der Waals surface area contributed by atoms with Crippen molar-refractivity contribution in [3.05, 3.63) is 0 Å². The summed E-state index contributed by atoms with van der Waals surface area (Å²) < 4.78 is 6.30. The predicted molar refractivity (Wildman–Crippen MR) is 283 cm³/mol. The van der Waals surface area contributed by atoms with Crippen LogP contribution in [0.2, 0.25) is 0 Å². The molecule has 0 saturated carbocycles. The second kappa shape index (κ2) is 30.6. The van der Waals surface area contributed by atoms with Gasteiger partial charge in [-0.25, -0.2) is 14.4 Å². The fourth-order valence-corrected chi connectivity index (χ4v) is 9.06. The van der Waals surface area contributed by atoms with Crippen molar-refractivity contribution in [1.29, 1.82) is 0 Å². The summed E-state index contributed by atoms with van der Waals surface area (Å²) >= 11 is 0. The highest BCUT2D eigenvalue weighted by molar-refractivity contribution is 6.06. The van der Waals surface area contributed by atoms with Gasteiger partial charge in [0.05, 0.1) is 18.8 Å². The normalized spacial score (nSPS) is 17.7. The average Bonchev–Trinajstić information content (AvgIpc) is 3.66. The molecule has 14 amide bonds. The molecule has 1 aliphatic rings. The van der Waals surface area contributed by atoms with Crippen molar-refractivity contribution < 1.29 is 57.5 Å². The molecular weight excluding hydrogens is 971 g/mol. The van der Waals surface area contributed by atoms with Crippen LogP contribution in [0.5, 0.6) is 0 Å². The van der Waals surface area contributed by atoms with Crippen LogP contribution in [0.15, 0.2) is 0 Å². The van der Waals surface area contributed by atoms with Gasteiger partial charge in [0.15, 0.2) is 0 Å². The van der Waals surface area contributed by atoms with E-state index in [0.717, 1.165) is 16.8 Å². The molecule has 9 atom stereocenters. The van der Waals surface area contributed by atoms with Gasteiger partial charge in [-0.2, -0.15) is 0 Å². The summed E-state index contributed by atoms with van der Waals surface area (Å²) in [6, 6.07) is -10.0. The van der Waals surface area contributed by atoms with Crippen LogP contribution >= 0.6 is 0 Å². The molecule has 0 aromatic heterocycles. The third-order valence-corrected chi connectivity index (χ3v) is 13.6. The quantitative estimate of drug-likeness (QED) is 0.0883. The summed E-state index contributed by atoms with van der Waals surface area (Å²) in [4.78, 5) is 156. The van der Waals surface area contributed by atoms with Crippen molar-refractivity contribution in [1.82, 2.24) is 56.0 Å². The standard InChI is InChI=1S/C52H93N11O12/c1-21-35(46(68)58(15)27-39(65)59(16)36(24-29(4)5)44(66)55-40(31(8)9)48(70)63(20)52(74)57-51(73)56-50(72)53-14)54-45(67)42(43-33(12)26-34(13)75-43)62(19)49(71)41(32(10)11)61(18)47(69)37(25-30(6)7)60(17)38(64)23-22-28(2)3/h28-37,40-43H,21-27H2,1-20H3,(H,54,67)(H,55,66)(H3,53,56,57,72,73,74)/t33-,34?,35+,36+,37+,40+,41+,42-,43?/m1/s1. The van der Waals surface area contributed by atoms with Gasteiger partial charge < -0.3 is 45.2 Å². The Morgan fingerprint density at radius 2 is 1.13 bits per heavy atom. The number of hydrogen-bond acceptors (Lipinski definition) is 12. The van der Waals surface area contributed by atoms with Crippen molar-refractivity contribution in [2.75, 3.05) is 55.9 Å². The first kappa shape index (κ1) is 67.1. The lowest BCUT2D eigenvalue weighted by Crippen LogP contribution is -2.63. The van der Waals surface area contributed by atoms with E-state index in [1.807, 2.05) is 66.0 Å². The summed E-state index contributed by atoms with van der Waals surface area (Å²) in [6.45, 7) is 23.4. The number of hydrogen-bond donors (Lipinski definition) is 5. The van der Waals surface area contributed by atoms with Crippen molar-refractivity contribution in [2.24, 2.45) is 35.5 Å². The third kappa shape index (κ3) is 19.7. The van der Waals surface area contributed by atoms with Gasteiger partial charge in [0.1, 0.15) is 36.3 Å². The zero-order valence-electron chi connectivity index (χ0n) is 48.6. The van der Waals surface area contributed by atoms with Crippen LogP contribution in [0.3, 0.4) is 0 Å². The van der Waals surface area contributed by atoms with Gasteiger partial charge in [0, 0.05) is 55.8 Å². The lowest BCUT2D eigenvalue weighted by molar-refractivity contribution is -0.156. The number of imide groups is 3. The summed E-state index contributed by atoms with van der Waals surface area (Å²) in [5.41, 5.74) is 0. The van der Waals surface area contributed by atoms with E-state index in [1.165, 1.54) is 49.9 Å². The second-order valence-electron chi connectivity index (χ2n) is 22.1. The van der Waals surface area contributed by atoms with E-state index in [9.17, 15) is 52.7 Å². The van der Waals surface area contributed by atoms with E-state index < -0.39 is 120 Å². The van der Waals surface area contributed by atoms with Crippen molar-refractivity contribution in [2.45, 2.75) is 177 Å². The minimum atomic E-state index is -1.30. The number of urea groups is 3. The van der Waals surface area contributed by atoms with Crippen LogP contribution in [-0.2, 0) is 43.1 Å². The number of likely N-dealkylation sites (N-methyl/N-ethyl adjacent to an activating group) is 6. The van der Waals surface area contributed by atoms with Crippen molar-refractivity contribution in [3.63, 3.8) is 0 Å². The molecule has 0 radical (unpaired) electrons. The molecule has 0 aromatic rings. The lowest BCUT2D eigenvalue weighted by atomic mass is 9.92. The van der Waals surface area contributed by atoms with E-state index in [2.05, 4.69) is 16.0 Å². The zero-order valence-corrected chi connectivity index (χ0v) is 48.6. The molecule has 0 aliphatic carbocycles. The lowest BCUT2D eigenvalue weighted by Gasteiger charge is -2.40. The number of carbonyl (C=O) groups excluding carboxylic acids is 11. The molecule has 428 valence electrons. The molecule has 23 nitrogen and oxygen atoms in total. The van der Waals surface area contributed by atoms with Gasteiger partial charge in [-0.15, -0.1) is 0 Å². The Kier molecular flexibility index (Phi) is 27.4. The summed E-state index contributed by atoms with van der Waals surface area (Å²) in [5.74, 6) is -5.71.